The number of alkyl halides is 3. The van der Waals surface area contributed by atoms with Gasteiger partial charge >= 0.3 is 6.36 Å². The number of ether oxygens (including phenoxy) is 1. The topological polar surface area (TPSA) is 26.3 Å². The Kier molecular flexibility index (Phi) is 3.65. The molecule has 0 aromatic heterocycles. The molecule has 0 saturated carbocycles. The fourth-order valence-corrected chi connectivity index (χ4v) is 0.990. The summed E-state index contributed by atoms with van der Waals surface area (Å²) in [5.74, 6) is -1.29. The van der Waals surface area contributed by atoms with Crippen LogP contribution in [-0.2, 0) is 4.79 Å². The summed E-state index contributed by atoms with van der Waals surface area (Å²) < 4.78 is 52.1. The van der Waals surface area contributed by atoms with Crippen LogP contribution in [0.25, 0.3) is 6.08 Å². The quantitative estimate of drug-likeness (QED) is 0.456. The predicted octanol–water partition coefficient (Wildman–Crippen LogP) is 2.94. The predicted molar refractivity (Wildman–Crippen MR) is 48.2 cm³/mol. The molecule has 0 heterocycles. The Morgan fingerprint density at radius 1 is 1.25 bits per heavy atom. The van der Waals surface area contributed by atoms with E-state index in [4.69, 9.17) is 0 Å². The fourth-order valence-electron chi connectivity index (χ4n) is 0.990. The maximum absolute atomic E-state index is 13.0. The number of carbonyl (C=O) groups excluding carboxylic acids is 1. The van der Waals surface area contributed by atoms with Crippen LogP contribution in [0.15, 0.2) is 24.3 Å². The summed E-state index contributed by atoms with van der Waals surface area (Å²) in [5.41, 5.74) is -0.158. The van der Waals surface area contributed by atoms with E-state index in [9.17, 15) is 22.4 Å². The van der Waals surface area contributed by atoms with E-state index in [-0.39, 0.29) is 5.56 Å². The number of carbonyl (C=O) groups is 1. The van der Waals surface area contributed by atoms with Crippen LogP contribution in [0, 0.1) is 5.82 Å². The molecule has 0 spiro atoms. The molecule has 0 N–H and O–H groups in total. The van der Waals surface area contributed by atoms with Gasteiger partial charge in [-0.15, -0.1) is 13.2 Å². The number of allylic oxidation sites excluding steroid dienone is 1. The third-order valence-electron chi connectivity index (χ3n) is 1.56. The van der Waals surface area contributed by atoms with Crippen molar-refractivity contribution in [2.24, 2.45) is 0 Å². The Labute approximate surface area is 88.1 Å². The average Bonchev–Trinajstić information content (AvgIpc) is 2.17. The molecule has 2 nitrogen and oxygen atoms in total. The Balaban J connectivity index is 2.98. The molecule has 0 bridgehead atoms. The van der Waals surface area contributed by atoms with Crippen molar-refractivity contribution in [2.75, 3.05) is 0 Å². The lowest BCUT2D eigenvalue weighted by Crippen LogP contribution is -2.17. The van der Waals surface area contributed by atoms with E-state index in [0.29, 0.717) is 6.29 Å². The molecule has 16 heavy (non-hydrogen) atoms. The Morgan fingerprint density at radius 2 is 1.94 bits per heavy atom. The minimum atomic E-state index is -4.83. The van der Waals surface area contributed by atoms with Gasteiger partial charge in [0.1, 0.15) is 17.9 Å². The lowest BCUT2D eigenvalue weighted by Gasteiger charge is -2.09. The third kappa shape index (κ3) is 3.72. The summed E-state index contributed by atoms with van der Waals surface area (Å²) in [4.78, 5) is 9.98. The molecule has 6 heteroatoms. The number of hydrogen-bond acceptors (Lipinski definition) is 2. The first kappa shape index (κ1) is 12.2. The molecule has 1 aromatic rings. The van der Waals surface area contributed by atoms with Crippen LogP contribution in [0.5, 0.6) is 5.75 Å². The minimum Gasteiger partial charge on any atom is -0.406 e. The molecule has 0 amide bonds. The highest BCUT2D eigenvalue weighted by molar-refractivity contribution is 5.74. The van der Waals surface area contributed by atoms with Crippen molar-refractivity contribution in [3.05, 3.63) is 35.7 Å². The average molecular weight is 234 g/mol. The highest BCUT2D eigenvalue weighted by Crippen LogP contribution is 2.25. The molecule has 0 atom stereocenters. The lowest BCUT2D eigenvalue weighted by atomic mass is 10.2. The van der Waals surface area contributed by atoms with Gasteiger partial charge in [0.05, 0.1) is 0 Å². The zero-order chi connectivity index (χ0) is 12.2. The van der Waals surface area contributed by atoms with Gasteiger partial charge in [-0.3, -0.25) is 4.79 Å². The van der Waals surface area contributed by atoms with E-state index in [1.807, 2.05) is 0 Å². The van der Waals surface area contributed by atoms with Gasteiger partial charge in [-0.05, 0) is 30.4 Å². The number of benzene rings is 1. The molecule has 0 aliphatic carbocycles. The van der Waals surface area contributed by atoms with Gasteiger partial charge in [0, 0.05) is 5.56 Å². The first-order chi connectivity index (χ1) is 7.42. The number of hydrogen-bond donors (Lipinski definition) is 0. The van der Waals surface area contributed by atoms with Crippen LogP contribution in [0.4, 0.5) is 17.6 Å². The van der Waals surface area contributed by atoms with E-state index >= 15 is 0 Å². The highest BCUT2D eigenvalue weighted by atomic mass is 19.4. The van der Waals surface area contributed by atoms with Gasteiger partial charge in [0.15, 0.2) is 0 Å². The number of rotatable bonds is 3. The summed E-state index contributed by atoms with van der Waals surface area (Å²) in [6.45, 7) is 0. The molecule has 1 aromatic carbocycles. The minimum absolute atomic E-state index is 0.158. The summed E-state index contributed by atoms with van der Waals surface area (Å²) in [6, 6.07) is 2.52. The largest absolute Gasteiger partial charge is 0.573 e. The maximum Gasteiger partial charge on any atom is 0.573 e. The summed E-state index contributed by atoms with van der Waals surface area (Å²) >= 11 is 0. The van der Waals surface area contributed by atoms with Crippen molar-refractivity contribution in [3.63, 3.8) is 0 Å². The molecule has 1 rings (SSSR count). The second kappa shape index (κ2) is 4.78. The van der Waals surface area contributed by atoms with E-state index in [1.54, 1.807) is 0 Å². The van der Waals surface area contributed by atoms with E-state index in [0.717, 1.165) is 30.4 Å². The van der Waals surface area contributed by atoms with Gasteiger partial charge < -0.3 is 4.74 Å². The maximum atomic E-state index is 13.0. The van der Waals surface area contributed by atoms with Crippen LogP contribution in [-0.4, -0.2) is 12.6 Å². The summed E-state index contributed by atoms with van der Waals surface area (Å²) in [6.07, 6.45) is -2.43. The molecule has 86 valence electrons. The van der Waals surface area contributed by atoms with Crippen molar-refractivity contribution in [1.82, 2.24) is 0 Å². The standard InChI is InChI=1S/C10H6F4O2/c11-9-4-3-8(16-10(12,13)14)6-7(9)2-1-5-15/h1-6H. The Morgan fingerprint density at radius 3 is 2.50 bits per heavy atom. The lowest BCUT2D eigenvalue weighted by molar-refractivity contribution is -0.274. The number of aldehydes is 1. The second-order valence-electron chi connectivity index (χ2n) is 2.73. The van der Waals surface area contributed by atoms with Gasteiger partial charge in [0.2, 0.25) is 0 Å². The van der Waals surface area contributed by atoms with E-state index in [2.05, 4.69) is 4.74 Å². The normalized spacial score (nSPS) is 11.8. The zero-order valence-electron chi connectivity index (χ0n) is 7.79. The first-order valence-corrected chi connectivity index (χ1v) is 4.09. The smallest absolute Gasteiger partial charge is 0.406 e. The van der Waals surface area contributed by atoms with Crippen molar-refractivity contribution in [3.8, 4) is 5.75 Å². The molecular weight excluding hydrogens is 228 g/mol. The van der Waals surface area contributed by atoms with Crippen molar-refractivity contribution >= 4 is 12.4 Å². The number of halogens is 4. The Hall–Kier alpha value is -1.85. The van der Waals surface area contributed by atoms with Crippen LogP contribution in [0.2, 0.25) is 0 Å². The van der Waals surface area contributed by atoms with Gasteiger partial charge in [0.25, 0.3) is 0 Å². The summed E-state index contributed by atoms with van der Waals surface area (Å²) in [7, 11) is 0. The van der Waals surface area contributed by atoms with Crippen LogP contribution in [0.1, 0.15) is 5.56 Å². The van der Waals surface area contributed by atoms with Gasteiger partial charge in [-0.25, -0.2) is 4.39 Å². The van der Waals surface area contributed by atoms with Crippen LogP contribution >= 0.6 is 0 Å². The molecule has 0 radical (unpaired) electrons. The molecule has 0 unspecified atom stereocenters. The SMILES string of the molecule is O=CC=Cc1cc(OC(F)(F)F)ccc1F. The van der Waals surface area contributed by atoms with E-state index < -0.39 is 17.9 Å². The van der Waals surface area contributed by atoms with Crippen LogP contribution in [0.3, 0.4) is 0 Å². The second-order valence-corrected chi connectivity index (χ2v) is 2.73. The molecule has 0 aliphatic heterocycles. The first-order valence-electron chi connectivity index (χ1n) is 4.09. The Bertz CT molecular complexity index is 410. The van der Waals surface area contributed by atoms with Gasteiger partial charge in [-0.1, -0.05) is 0 Å². The fraction of sp³-hybridized carbons (Fsp3) is 0.100. The van der Waals surface area contributed by atoms with Gasteiger partial charge in [-0.2, -0.15) is 0 Å². The molecular formula is C10H6F4O2. The van der Waals surface area contributed by atoms with Crippen LogP contribution < -0.4 is 4.74 Å². The molecule has 0 saturated heterocycles. The monoisotopic (exact) mass is 234 g/mol. The summed E-state index contributed by atoms with van der Waals surface area (Å²) in [5, 5.41) is 0. The van der Waals surface area contributed by atoms with Crippen molar-refractivity contribution < 1.29 is 27.1 Å². The van der Waals surface area contributed by atoms with E-state index in [1.165, 1.54) is 0 Å². The van der Waals surface area contributed by atoms with Crippen molar-refractivity contribution in [2.45, 2.75) is 6.36 Å². The molecule has 0 aliphatic rings. The third-order valence-corrected chi connectivity index (χ3v) is 1.56. The van der Waals surface area contributed by atoms with Crippen molar-refractivity contribution in [1.29, 1.82) is 0 Å². The zero-order valence-corrected chi connectivity index (χ0v) is 7.79. The molecule has 0 fully saturated rings. The highest BCUT2D eigenvalue weighted by Gasteiger charge is 2.31.